The van der Waals surface area contributed by atoms with Crippen molar-refractivity contribution in [3.8, 4) is 0 Å². The summed E-state index contributed by atoms with van der Waals surface area (Å²) in [6, 6.07) is 0. The molecule has 132 valence electrons. The van der Waals surface area contributed by atoms with Gasteiger partial charge in [-0.2, -0.15) is 0 Å². The van der Waals surface area contributed by atoms with Crippen LogP contribution in [0.4, 0.5) is 0 Å². The Hall–Kier alpha value is -0.0800. The van der Waals surface area contributed by atoms with Crippen LogP contribution in [0.15, 0.2) is 0 Å². The molecule has 0 N–H and O–H groups in total. The second-order valence-electron chi connectivity index (χ2n) is 8.51. The van der Waals surface area contributed by atoms with Gasteiger partial charge in [-0.15, -0.1) is 0 Å². The lowest BCUT2D eigenvalue weighted by molar-refractivity contribution is -0.909. The average molecular weight is 313 g/mol. The smallest absolute Gasteiger partial charge is 0.0789 e. The Morgan fingerprint density at radius 1 is 0.636 bits per heavy atom. The van der Waals surface area contributed by atoms with E-state index in [2.05, 4.69) is 41.8 Å². The van der Waals surface area contributed by atoms with Crippen LogP contribution < -0.4 is 0 Å². The molecular formula is C20H44N2+2. The van der Waals surface area contributed by atoms with E-state index in [1.807, 2.05) is 0 Å². The van der Waals surface area contributed by atoms with Crippen molar-refractivity contribution < 1.29 is 8.97 Å². The van der Waals surface area contributed by atoms with Crippen molar-refractivity contribution in [3.05, 3.63) is 0 Å². The highest BCUT2D eigenvalue weighted by Crippen LogP contribution is 2.43. The molecule has 0 bridgehead atoms. The van der Waals surface area contributed by atoms with Crippen LogP contribution in [0.3, 0.4) is 0 Å². The maximum Gasteiger partial charge on any atom is 0.0789 e. The zero-order valence-electron chi connectivity index (χ0n) is 16.6. The highest BCUT2D eigenvalue weighted by Gasteiger charge is 2.36. The standard InChI is InChI=1S/C20H44N2/c1-7-21(5,8-2)18-16-20(14-12-11-13-15-20)17-19-22(6,9-3)10-4/h7-19H2,1-6H3/q+2. The van der Waals surface area contributed by atoms with Gasteiger partial charge in [0.25, 0.3) is 0 Å². The van der Waals surface area contributed by atoms with Crippen molar-refractivity contribution in [1.29, 1.82) is 0 Å². The monoisotopic (exact) mass is 312 g/mol. The lowest BCUT2D eigenvalue weighted by Gasteiger charge is -2.43. The zero-order valence-corrected chi connectivity index (χ0v) is 16.6. The van der Waals surface area contributed by atoms with E-state index in [0.29, 0.717) is 5.41 Å². The van der Waals surface area contributed by atoms with Crippen molar-refractivity contribution in [3.63, 3.8) is 0 Å². The van der Waals surface area contributed by atoms with Gasteiger partial charge in [0.15, 0.2) is 0 Å². The van der Waals surface area contributed by atoms with E-state index < -0.39 is 0 Å². The minimum Gasteiger partial charge on any atom is -0.326 e. The first-order valence-corrected chi connectivity index (χ1v) is 10.0. The summed E-state index contributed by atoms with van der Waals surface area (Å²) in [5.41, 5.74) is 0.659. The summed E-state index contributed by atoms with van der Waals surface area (Å²) in [5.74, 6) is 0. The SMILES string of the molecule is CC[N+](C)(CC)CCC1(CC[N+](C)(CC)CC)CCCCC1. The molecule has 0 aromatic carbocycles. The molecule has 2 heteroatoms. The zero-order chi connectivity index (χ0) is 16.7. The highest BCUT2D eigenvalue weighted by molar-refractivity contribution is 4.83. The van der Waals surface area contributed by atoms with E-state index >= 15 is 0 Å². The van der Waals surface area contributed by atoms with Crippen LogP contribution in [-0.2, 0) is 0 Å². The molecule has 0 radical (unpaired) electrons. The minimum absolute atomic E-state index is 0.659. The predicted molar refractivity (Wildman–Crippen MR) is 99.0 cm³/mol. The first-order valence-electron chi connectivity index (χ1n) is 10.0. The van der Waals surface area contributed by atoms with Crippen molar-refractivity contribution in [2.24, 2.45) is 5.41 Å². The Morgan fingerprint density at radius 2 is 1.00 bits per heavy atom. The summed E-state index contributed by atoms with van der Waals surface area (Å²) < 4.78 is 2.52. The summed E-state index contributed by atoms with van der Waals surface area (Å²) in [4.78, 5) is 0. The molecule has 0 amide bonds. The number of rotatable bonds is 10. The summed E-state index contributed by atoms with van der Waals surface area (Å²) >= 11 is 0. The molecule has 0 heterocycles. The van der Waals surface area contributed by atoms with E-state index in [1.165, 1.54) is 93.2 Å². The molecule has 1 aliphatic rings. The topological polar surface area (TPSA) is 0 Å². The Labute approximate surface area is 141 Å². The van der Waals surface area contributed by atoms with Gasteiger partial charge in [-0.3, -0.25) is 0 Å². The van der Waals surface area contributed by atoms with Crippen molar-refractivity contribution >= 4 is 0 Å². The van der Waals surface area contributed by atoms with Gasteiger partial charge in [-0.25, -0.2) is 0 Å². The Bertz CT molecular complexity index is 273. The fourth-order valence-electron chi connectivity index (χ4n) is 4.02. The van der Waals surface area contributed by atoms with E-state index in [0.717, 1.165) is 0 Å². The molecular weight excluding hydrogens is 268 g/mol. The molecule has 2 nitrogen and oxygen atoms in total. The first-order chi connectivity index (χ1) is 10.4. The Morgan fingerprint density at radius 3 is 1.32 bits per heavy atom. The second-order valence-corrected chi connectivity index (χ2v) is 8.51. The lowest BCUT2D eigenvalue weighted by Crippen LogP contribution is -2.48. The number of quaternary nitrogens is 2. The van der Waals surface area contributed by atoms with E-state index in [4.69, 9.17) is 0 Å². The molecule has 0 saturated heterocycles. The minimum atomic E-state index is 0.659. The number of nitrogens with zero attached hydrogens (tertiary/aromatic N) is 2. The number of hydrogen-bond donors (Lipinski definition) is 0. The van der Waals surface area contributed by atoms with Gasteiger partial charge in [0.1, 0.15) is 0 Å². The molecule has 1 saturated carbocycles. The van der Waals surface area contributed by atoms with Crippen LogP contribution in [0.2, 0.25) is 0 Å². The average Bonchev–Trinajstić information content (AvgIpc) is 2.58. The van der Waals surface area contributed by atoms with Gasteiger partial charge < -0.3 is 8.97 Å². The summed E-state index contributed by atoms with van der Waals surface area (Å²) in [7, 11) is 4.91. The highest BCUT2D eigenvalue weighted by atomic mass is 15.3. The maximum absolute atomic E-state index is 2.45. The molecule has 0 aliphatic heterocycles. The molecule has 0 atom stereocenters. The van der Waals surface area contributed by atoms with Crippen molar-refractivity contribution in [2.75, 3.05) is 53.4 Å². The molecule has 1 fully saturated rings. The molecule has 1 rings (SSSR count). The second kappa shape index (κ2) is 8.68. The van der Waals surface area contributed by atoms with Crippen LogP contribution in [0.25, 0.3) is 0 Å². The molecule has 0 aromatic rings. The van der Waals surface area contributed by atoms with E-state index in [9.17, 15) is 0 Å². The van der Waals surface area contributed by atoms with Crippen LogP contribution in [0, 0.1) is 5.41 Å². The quantitative estimate of drug-likeness (QED) is 0.513. The normalized spacial score (nSPS) is 19.4. The fourth-order valence-corrected chi connectivity index (χ4v) is 4.02. The van der Waals surface area contributed by atoms with Gasteiger partial charge in [-0.1, -0.05) is 19.3 Å². The van der Waals surface area contributed by atoms with Crippen molar-refractivity contribution in [1.82, 2.24) is 0 Å². The van der Waals surface area contributed by atoms with Gasteiger partial charge in [0, 0.05) is 12.8 Å². The summed E-state index contributed by atoms with van der Waals surface area (Å²) in [5, 5.41) is 0. The maximum atomic E-state index is 2.45. The number of hydrogen-bond acceptors (Lipinski definition) is 0. The largest absolute Gasteiger partial charge is 0.326 e. The fraction of sp³-hybridized carbons (Fsp3) is 1.00. The van der Waals surface area contributed by atoms with Gasteiger partial charge in [0.05, 0.1) is 53.4 Å². The third-order valence-electron chi connectivity index (χ3n) is 7.33. The Kier molecular flexibility index (Phi) is 7.88. The molecule has 0 spiro atoms. The Balaban J connectivity index is 2.69. The third kappa shape index (κ3) is 5.53. The van der Waals surface area contributed by atoms with Crippen LogP contribution in [-0.4, -0.2) is 62.3 Å². The summed E-state index contributed by atoms with van der Waals surface area (Å²) in [6.07, 6.45) is 10.3. The van der Waals surface area contributed by atoms with E-state index in [1.54, 1.807) is 0 Å². The van der Waals surface area contributed by atoms with Gasteiger partial charge >= 0.3 is 0 Å². The molecule has 0 aromatic heterocycles. The molecule has 1 aliphatic carbocycles. The molecule has 22 heavy (non-hydrogen) atoms. The van der Waals surface area contributed by atoms with Crippen LogP contribution in [0.5, 0.6) is 0 Å². The van der Waals surface area contributed by atoms with Gasteiger partial charge in [-0.05, 0) is 46.0 Å². The van der Waals surface area contributed by atoms with Gasteiger partial charge in [0.2, 0.25) is 0 Å². The van der Waals surface area contributed by atoms with Crippen LogP contribution >= 0.6 is 0 Å². The summed E-state index contributed by atoms with van der Waals surface area (Å²) in [6.45, 7) is 17.3. The van der Waals surface area contributed by atoms with E-state index in [-0.39, 0.29) is 0 Å². The predicted octanol–water partition coefficient (Wildman–Crippen LogP) is 4.69. The molecule has 0 unspecified atom stereocenters. The van der Waals surface area contributed by atoms with Crippen LogP contribution in [0.1, 0.15) is 72.6 Å². The third-order valence-corrected chi connectivity index (χ3v) is 7.33. The van der Waals surface area contributed by atoms with Crippen molar-refractivity contribution in [2.45, 2.75) is 72.6 Å². The lowest BCUT2D eigenvalue weighted by atomic mass is 9.69. The first kappa shape index (κ1) is 20.0.